The molecule has 20 heavy (non-hydrogen) atoms. The van der Waals surface area contributed by atoms with Crippen LogP contribution in [0.3, 0.4) is 0 Å². The van der Waals surface area contributed by atoms with E-state index in [0.29, 0.717) is 12.8 Å². The minimum absolute atomic E-state index is 0.307. The van der Waals surface area contributed by atoms with Crippen molar-refractivity contribution >= 4 is 15.7 Å². The number of hydrogen-bond acceptors (Lipinski definition) is 3. The van der Waals surface area contributed by atoms with Gasteiger partial charge in [0.25, 0.3) is 0 Å². The maximum Gasteiger partial charge on any atom is 0.244 e. The summed E-state index contributed by atoms with van der Waals surface area (Å²) in [5, 5.41) is 6.92. The van der Waals surface area contributed by atoms with E-state index in [0.717, 1.165) is 12.8 Å². The number of benzene rings is 1. The highest BCUT2D eigenvalue weighted by atomic mass is 32.2. The molecule has 2 rings (SSSR count). The van der Waals surface area contributed by atoms with E-state index < -0.39 is 43.9 Å². The summed E-state index contributed by atoms with van der Waals surface area (Å²) in [5.74, 6) is -7.63. The lowest BCUT2D eigenvalue weighted by Gasteiger charge is -2.16. The number of hydrogen-bond donors (Lipinski definition) is 2. The zero-order chi connectivity index (χ0) is 15.1. The van der Waals surface area contributed by atoms with Gasteiger partial charge in [-0.15, -0.1) is 0 Å². The van der Waals surface area contributed by atoms with Gasteiger partial charge in [-0.25, -0.2) is 31.1 Å². The molecule has 0 atom stereocenters. The molecule has 1 aromatic rings. The van der Waals surface area contributed by atoms with E-state index in [9.17, 15) is 26.0 Å². The highest BCUT2D eigenvalue weighted by molar-refractivity contribution is 7.89. The topological polar surface area (TPSA) is 72.2 Å². The van der Waals surface area contributed by atoms with Crippen LogP contribution in [0.15, 0.2) is 4.90 Å². The first kappa shape index (κ1) is 15.0. The number of nitrogens with one attached hydrogen (secondary N) is 1. The Labute approximate surface area is 113 Å². The summed E-state index contributed by atoms with van der Waals surface area (Å²) in [6.45, 7) is 0. The molecule has 9 heteroatoms. The molecule has 3 N–H and O–H groups in total. The van der Waals surface area contributed by atoms with Crippen molar-refractivity contribution in [3.8, 4) is 0 Å². The van der Waals surface area contributed by atoms with Gasteiger partial charge in [0, 0.05) is 6.04 Å². The van der Waals surface area contributed by atoms with E-state index in [1.165, 1.54) is 0 Å². The van der Waals surface area contributed by atoms with Crippen LogP contribution in [0.2, 0.25) is 0 Å². The van der Waals surface area contributed by atoms with Crippen molar-refractivity contribution in [2.75, 3.05) is 5.32 Å². The SMILES string of the molecule is NS(=O)(=O)c1c(F)c(F)c(NC2CCCC2)c(F)c1F. The van der Waals surface area contributed by atoms with Crippen molar-refractivity contribution in [2.45, 2.75) is 36.6 Å². The van der Waals surface area contributed by atoms with E-state index in [1.807, 2.05) is 0 Å². The van der Waals surface area contributed by atoms with Gasteiger partial charge in [0.1, 0.15) is 5.69 Å². The lowest BCUT2D eigenvalue weighted by atomic mass is 10.2. The van der Waals surface area contributed by atoms with Gasteiger partial charge >= 0.3 is 0 Å². The molecule has 112 valence electrons. The standard InChI is InChI=1S/C11H12F4N2O2S/c12-6-8(14)11(20(16,18)19)9(15)7(13)10(6)17-5-3-1-2-4-5/h5,17H,1-4H2,(H2,16,18,19). The van der Waals surface area contributed by atoms with Crippen LogP contribution in [0.4, 0.5) is 23.2 Å². The average molecular weight is 312 g/mol. The van der Waals surface area contributed by atoms with Gasteiger partial charge in [0.15, 0.2) is 28.2 Å². The fourth-order valence-electron chi connectivity index (χ4n) is 2.26. The molecular formula is C11H12F4N2O2S. The van der Waals surface area contributed by atoms with E-state index in [-0.39, 0.29) is 6.04 Å². The van der Waals surface area contributed by atoms with Gasteiger partial charge in [-0.1, -0.05) is 12.8 Å². The van der Waals surface area contributed by atoms with Gasteiger partial charge in [0.2, 0.25) is 10.0 Å². The monoisotopic (exact) mass is 312 g/mol. The molecule has 0 radical (unpaired) electrons. The van der Waals surface area contributed by atoms with Crippen LogP contribution in [0.25, 0.3) is 0 Å². The van der Waals surface area contributed by atoms with Crippen molar-refractivity contribution in [1.82, 2.24) is 0 Å². The van der Waals surface area contributed by atoms with E-state index in [4.69, 9.17) is 0 Å². The largest absolute Gasteiger partial charge is 0.377 e. The van der Waals surface area contributed by atoms with E-state index >= 15 is 0 Å². The van der Waals surface area contributed by atoms with Crippen molar-refractivity contribution in [3.05, 3.63) is 23.3 Å². The van der Waals surface area contributed by atoms with Gasteiger partial charge in [-0.3, -0.25) is 0 Å². The molecule has 0 spiro atoms. The summed E-state index contributed by atoms with van der Waals surface area (Å²) in [7, 11) is -4.91. The van der Waals surface area contributed by atoms with Crippen LogP contribution in [0.5, 0.6) is 0 Å². The molecule has 0 heterocycles. The molecule has 1 aromatic carbocycles. The third-order valence-corrected chi connectivity index (χ3v) is 4.14. The second-order valence-electron chi connectivity index (χ2n) is 4.63. The smallest absolute Gasteiger partial charge is 0.244 e. The number of primary sulfonamides is 1. The lowest BCUT2D eigenvalue weighted by Crippen LogP contribution is -2.22. The zero-order valence-corrected chi connectivity index (χ0v) is 11.0. The summed E-state index contributed by atoms with van der Waals surface area (Å²) < 4.78 is 76.6. The molecular weight excluding hydrogens is 300 g/mol. The van der Waals surface area contributed by atoms with E-state index in [2.05, 4.69) is 10.5 Å². The Morgan fingerprint density at radius 2 is 1.40 bits per heavy atom. The highest BCUT2D eigenvalue weighted by Crippen LogP contribution is 2.32. The minimum Gasteiger partial charge on any atom is -0.377 e. The Morgan fingerprint density at radius 1 is 0.950 bits per heavy atom. The molecule has 0 aliphatic heterocycles. The maximum atomic E-state index is 13.7. The van der Waals surface area contributed by atoms with Crippen LogP contribution < -0.4 is 10.5 Å². The first-order chi connectivity index (χ1) is 9.23. The predicted molar refractivity (Wildman–Crippen MR) is 63.5 cm³/mol. The number of sulfonamides is 1. The van der Waals surface area contributed by atoms with Crippen LogP contribution in [0, 0.1) is 23.3 Å². The van der Waals surface area contributed by atoms with Crippen LogP contribution in [-0.4, -0.2) is 14.5 Å². The molecule has 0 aromatic heterocycles. The molecule has 4 nitrogen and oxygen atoms in total. The lowest BCUT2D eigenvalue weighted by molar-refractivity contribution is 0.422. The Kier molecular flexibility index (Phi) is 3.92. The average Bonchev–Trinajstić information content (AvgIpc) is 2.83. The quantitative estimate of drug-likeness (QED) is 0.664. The molecule has 1 aliphatic rings. The minimum atomic E-state index is -4.91. The van der Waals surface area contributed by atoms with Crippen LogP contribution >= 0.6 is 0 Å². The van der Waals surface area contributed by atoms with E-state index in [1.54, 1.807) is 0 Å². The normalized spacial score (nSPS) is 16.6. The number of anilines is 1. The van der Waals surface area contributed by atoms with Crippen LogP contribution in [0.1, 0.15) is 25.7 Å². The third kappa shape index (κ3) is 2.59. The van der Waals surface area contributed by atoms with Gasteiger partial charge in [0.05, 0.1) is 0 Å². The van der Waals surface area contributed by atoms with Crippen LogP contribution in [-0.2, 0) is 10.0 Å². The zero-order valence-electron chi connectivity index (χ0n) is 10.2. The fraction of sp³-hybridized carbons (Fsp3) is 0.455. The first-order valence-corrected chi connectivity index (χ1v) is 7.43. The summed E-state index contributed by atoms with van der Waals surface area (Å²) in [4.78, 5) is -1.80. The maximum absolute atomic E-state index is 13.7. The molecule has 0 unspecified atom stereocenters. The van der Waals surface area contributed by atoms with Crippen molar-refractivity contribution in [2.24, 2.45) is 5.14 Å². The molecule has 1 aliphatic carbocycles. The Bertz CT molecular complexity index is 613. The molecule has 0 amide bonds. The van der Waals surface area contributed by atoms with Gasteiger partial charge in [-0.05, 0) is 12.8 Å². The second kappa shape index (κ2) is 5.21. The Morgan fingerprint density at radius 3 is 1.80 bits per heavy atom. The molecule has 0 saturated heterocycles. The Hall–Kier alpha value is -1.35. The third-order valence-electron chi connectivity index (χ3n) is 3.21. The van der Waals surface area contributed by atoms with Crippen molar-refractivity contribution in [1.29, 1.82) is 0 Å². The molecule has 0 bridgehead atoms. The fourth-order valence-corrected chi connectivity index (χ4v) is 2.94. The van der Waals surface area contributed by atoms with Crippen molar-refractivity contribution in [3.63, 3.8) is 0 Å². The number of rotatable bonds is 3. The molecule has 1 saturated carbocycles. The highest BCUT2D eigenvalue weighted by Gasteiger charge is 2.32. The predicted octanol–water partition coefficient (Wildman–Crippen LogP) is 2.24. The van der Waals surface area contributed by atoms with Crippen molar-refractivity contribution < 1.29 is 26.0 Å². The number of nitrogens with two attached hydrogens (primary N) is 1. The number of halogens is 4. The Balaban J connectivity index is 2.55. The summed E-state index contributed by atoms with van der Waals surface area (Å²) in [6.07, 6.45) is 2.89. The summed E-state index contributed by atoms with van der Waals surface area (Å²) in [5.41, 5.74) is -1.00. The summed E-state index contributed by atoms with van der Waals surface area (Å²) in [6, 6.07) is -0.307. The second-order valence-corrected chi connectivity index (χ2v) is 6.13. The molecule has 1 fully saturated rings. The van der Waals surface area contributed by atoms with Gasteiger partial charge in [-0.2, -0.15) is 0 Å². The summed E-state index contributed by atoms with van der Waals surface area (Å²) >= 11 is 0. The van der Waals surface area contributed by atoms with Gasteiger partial charge < -0.3 is 5.32 Å². The first-order valence-electron chi connectivity index (χ1n) is 5.88.